The number of aliphatic hydroxyl groups excluding tert-OH is 2. The minimum Gasteiger partial charge on any atom is -0.394 e. The van der Waals surface area contributed by atoms with E-state index in [2.05, 4.69) is 22.3 Å². The first-order valence-electron chi connectivity index (χ1n) is 6.04. The lowest BCUT2D eigenvalue weighted by Crippen LogP contribution is -2.51. The molecule has 6 nitrogen and oxygen atoms in total. The predicted molar refractivity (Wildman–Crippen MR) is 64.3 cm³/mol. The standard InChI is InChI=1S/C11H22N4O2/c1-3-5-15-10(12-9-14-15)6-13-11(4-2,7-16)8-17/h9,13,16-17H,3-8H2,1-2H3. The van der Waals surface area contributed by atoms with Crippen LogP contribution < -0.4 is 5.32 Å². The molecule has 0 unspecified atom stereocenters. The lowest BCUT2D eigenvalue weighted by atomic mass is 9.98. The van der Waals surface area contributed by atoms with Gasteiger partial charge >= 0.3 is 0 Å². The van der Waals surface area contributed by atoms with Crippen molar-refractivity contribution in [3.05, 3.63) is 12.2 Å². The van der Waals surface area contributed by atoms with Gasteiger partial charge in [0.25, 0.3) is 0 Å². The van der Waals surface area contributed by atoms with E-state index in [1.165, 1.54) is 6.33 Å². The Morgan fingerprint density at radius 3 is 2.59 bits per heavy atom. The summed E-state index contributed by atoms with van der Waals surface area (Å²) in [6, 6.07) is 0. The quantitative estimate of drug-likeness (QED) is 0.593. The second-order valence-corrected chi connectivity index (χ2v) is 4.20. The van der Waals surface area contributed by atoms with Gasteiger partial charge in [0.1, 0.15) is 12.2 Å². The van der Waals surface area contributed by atoms with E-state index in [9.17, 15) is 10.2 Å². The molecule has 0 fully saturated rings. The van der Waals surface area contributed by atoms with Gasteiger partial charge in [0, 0.05) is 6.54 Å². The van der Waals surface area contributed by atoms with Crippen LogP contribution in [0.2, 0.25) is 0 Å². The number of nitrogens with zero attached hydrogens (tertiary/aromatic N) is 3. The maximum atomic E-state index is 9.31. The third kappa shape index (κ3) is 3.49. The minimum absolute atomic E-state index is 0.0953. The van der Waals surface area contributed by atoms with E-state index in [4.69, 9.17) is 0 Å². The molecule has 0 aliphatic carbocycles. The van der Waals surface area contributed by atoms with Gasteiger partial charge in [0.05, 0.1) is 25.3 Å². The van der Waals surface area contributed by atoms with Crippen molar-refractivity contribution in [3.63, 3.8) is 0 Å². The molecule has 0 aromatic carbocycles. The Morgan fingerprint density at radius 2 is 2.06 bits per heavy atom. The number of nitrogens with one attached hydrogen (secondary N) is 1. The highest BCUT2D eigenvalue weighted by atomic mass is 16.3. The molecule has 0 aliphatic heterocycles. The number of hydrogen-bond acceptors (Lipinski definition) is 5. The Kier molecular flexibility index (Phi) is 5.54. The van der Waals surface area contributed by atoms with E-state index in [0.29, 0.717) is 13.0 Å². The zero-order valence-corrected chi connectivity index (χ0v) is 10.6. The first kappa shape index (κ1) is 14.1. The third-order valence-electron chi connectivity index (χ3n) is 3.03. The van der Waals surface area contributed by atoms with Gasteiger partial charge in [-0.3, -0.25) is 0 Å². The molecule has 0 saturated carbocycles. The number of rotatable bonds is 8. The Hall–Kier alpha value is -0.980. The molecule has 6 heteroatoms. The van der Waals surface area contributed by atoms with Crippen molar-refractivity contribution in [1.82, 2.24) is 20.1 Å². The maximum Gasteiger partial charge on any atom is 0.140 e. The molecular formula is C11H22N4O2. The van der Waals surface area contributed by atoms with E-state index in [1.54, 1.807) is 0 Å². The largest absolute Gasteiger partial charge is 0.394 e. The number of aliphatic hydroxyl groups is 2. The van der Waals surface area contributed by atoms with Gasteiger partial charge in [0.15, 0.2) is 0 Å². The van der Waals surface area contributed by atoms with Crippen LogP contribution >= 0.6 is 0 Å². The van der Waals surface area contributed by atoms with Crippen molar-refractivity contribution in [1.29, 1.82) is 0 Å². The fourth-order valence-corrected chi connectivity index (χ4v) is 1.60. The van der Waals surface area contributed by atoms with Gasteiger partial charge in [-0.2, -0.15) is 5.10 Å². The van der Waals surface area contributed by atoms with Crippen molar-refractivity contribution in [2.75, 3.05) is 13.2 Å². The molecule has 0 saturated heterocycles. The average molecular weight is 242 g/mol. The number of hydrogen-bond donors (Lipinski definition) is 3. The van der Waals surface area contributed by atoms with E-state index >= 15 is 0 Å². The summed E-state index contributed by atoms with van der Waals surface area (Å²) in [5.41, 5.74) is -0.636. The third-order valence-corrected chi connectivity index (χ3v) is 3.03. The monoisotopic (exact) mass is 242 g/mol. The van der Waals surface area contributed by atoms with Gasteiger partial charge in [-0.1, -0.05) is 13.8 Å². The van der Waals surface area contributed by atoms with E-state index in [1.807, 2.05) is 11.6 Å². The van der Waals surface area contributed by atoms with Crippen LogP contribution in [0.3, 0.4) is 0 Å². The molecule has 0 atom stereocenters. The van der Waals surface area contributed by atoms with Crippen molar-refractivity contribution in [2.24, 2.45) is 0 Å². The fourth-order valence-electron chi connectivity index (χ4n) is 1.60. The summed E-state index contributed by atoms with van der Waals surface area (Å²) < 4.78 is 1.84. The highest BCUT2D eigenvalue weighted by molar-refractivity contribution is 4.91. The summed E-state index contributed by atoms with van der Waals surface area (Å²) in [5.74, 6) is 0.826. The van der Waals surface area contributed by atoms with Crippen LogP contribution in [-0.2, 0) is 13.1 Å². The minimum atomic E-state index is -0.636. The highest BCUT2D eigenvalue weighted by Crippen LogP contribution is 2.09. The summed E-state index contributed by atoms with van der Waals surface area (Å²) in [6.45, 7) is 5.14. The Balaban J connectivity index is 2.62. The molecule has 3 N–H and O–H groups in total. The molecular weight excluding hydrogens is 220 g/mol. The Bertz CT molecular complexity index is 315. The van der Waals surface area contributed by atoms with E-state index in [0.717, 1.165) is 18.8 Å². The molecule has 17 heavy (non-hydrogen) atoms. The Morgan fingerprint density at radius 1 is 1.35 bits per heavy atom. The first-order valence-corrected chi connectivity index (χ1v) is 6.04. The molecule has 1 aromatic rings. The van der Waals surface area contributed by atoms with E-state index < -0.39 is 5.54 Å². The highest BCUT2D eigenvalue weighted by Gasteiger charge is 2.26. The van der Waals surface area contributed by atoms with Crippen LogP contribution in [0.4, 0.5) is 0 Å². The zero-order chi connectivity index (χ0) is 12.7. The van der Waals surface area contributed by atoms with Gasteiger partial charge in [-0.25, -0.2) is 9.67 Å². The molecule has 0 spiro atoms. The second kappa shape index (κ2) is 6.68. The van der Waals surface area contributed by atoms with Crippen molar-refractivity contribution < 1.29 is 10.2 Å². The average Bonchev–Trinajstić information content (AvgIpc) is 2.80. The van der Waals surface area contributed by atoms with Gasteiger partial charge in [-0.05, 0) is 12.8 Å². The summed E-state index contributed by atoms with van der Waals surface area (Å²) >= 11 is 0. The van der Waals surface area contributed by atoms with Crippen LogP contribution in [0.25, 0.3) is 0 Å². The molecule has 0 aliphatic rings. The van der Waals surface area contributed by atoms with Crippen LogP contribution in [-0.4, -0.2) is 43.7 Å². The molecule has 0 amide bonds. The van der Waals surface area contributed by atoms with Crippen LogP contribution in [0.15, 0.2) is 6.33 Å². The second-order valence-electron chi connectivity index (χ2n) is 4.20. The summed E-state index contributed by atoms with van der Waals surface area (Å²) in [6.07, 6.45) is 3.18. The lowest BCUT2D eigenvalue weighted by molar-refractivity contribution is 0.0854. The van der Waals surface area contributed by atoms with Crippen molar-refractivity contribution in [2.45, 2.75) is 45.3 Å². The summed E-state index contributed by atoms with van der Waals surface area (Å²) in [5, 5.41) is 25.9. The first-order chi connectivity index (χ1) is 8.21. The normalized spacial score (nSPS) is 12.0. The summed E-state index contributed by atoms with van der Waals surface area (Å²) in [7, 11) is 0. The number of aryl methyl sites for hydroxylation is 1. The van der Waals surface area contributed by atoms with Gasteiger partial charge < -0.3 is 15.5 Å². The molecule has 0 bridgehead atoms. The molecule has 1 aromatic heterocycles. The predicted octanol–water partition coefficient (Wildman–Crippen LogP) is -0.0889. The van der Waals surface area contributed by atoms with Crippen LogP contribution in [0.1, 0.15) is 32.5 Å². The smallest absolute Gasteiger partial charge is 0.140 e. The maximum absolute atomic E-state index is 9.31. The molecule has 98 valence electrons. The topological polar surface area (TPSA) is 83.2 Å². The van der Waals surface area contributed by atoms with Gasteiger partial charge in [-0.15, -0.1) is 0 Å². The van der Waals surface area contributed by atoms with Crippen molar-refractivity contribution >= 4 is 0 Å². The summed E-state index contributed by atoms with van der Waals surface area (Å²) in [4.78, 5) is 4.17. The zero-order valence-electron chi connectivity index (χ0n) is 10.6. The molecule has 1 heterocycles. The fraction of sp³-hybridized carbons (Fsp3) is 0.818. The molecule has 0 radical (unpaired) electrons. The van der Waals surface area contributed by atoms with Crippen LogP contribution in [0.5, 0.6) is 0 Å². The Labute approximate surface area is 102 Å². The van der Waals surface area contributed by atoms with Crippen molar-refractivity contribution in [3.8, 4) is 0 Å². The SMILES string of the molecule is CCCn1ncnc1CNC(CC)(CO)CO. The molecule has 1 rings (SSSR count). The van der Waals surface area contributed by atoms with Gasteiger partial charge in [0.2, 0.25) is 0 Å². The van der Waals surface area contributed by atoms with Crippen LogP contribution in [0, 0.1) is 0 Å². The lowest BCUT2D eigenvalue weighted by Gasteiger charge is -2.29. The van der Waals surface area contributed by atoms with E-state index in [-0.39, 0.29) is 13.2 Å². The number of aromatic nitrogens is 3.